The number of aromatic carboxylic acids is 1. The SMILES string of the molecule is Cc1cc(C(=O)O)c(O)c(=O)[nH]1. The van der Waals surface area contributed by atoms with Gasteiger partial charge in [0.05, 0.1) is 0 Å². The van der Waals surface area contributed by atoms with Crippen molar-refractivity contribution in [2.24, 2.45) is 0 Å². The number of hydrogen-bond donors (Lipinski definition) is 3. The summed E-state index contributed by atoms with van der Waals surface area (Å²) in [4.78, 5) is 23.5. The van der Waals surface area contributed by atoms with Crippen molar-refractivity contribution in [3.05, 3.63) is 27.7 Å². The molecule has 0 spiro atoms. The average Bonchev–Trinajstić information content (AvgIpc) is 1.96. The smallest absolute Gasteiger partial charge is 0.339 e. The second-order valence-electron chi connectivity index (χ2n) is 2.35. The maximum atomic E-state index is 10.8. The number of pyridine rings is 1. The number of aromatic amines is 1. The van der Waals surface area contributed by atoms with Crippen LogP contribution in [0.5, 0.6) is 5.75 Å². The minimum Gasteiger partial charge on any atom is -0.502 e. The highest BCUT2D eigenvalue weighted by Crippen LogP contribution is 2.10. The molecule has 0 saturated heterocycles. The third-order valence-electron chi connectivity index (χ3n) is 1.37. The molecular formula is C7H7NO4. The number of hydrogen-bond acceptors (Lipinski definition) is 3. The Labute approximate surface area is 67.3 Å². The number of carbonyl (C=O) groups is 1. The number of aromatic nitrogens is 1. The summed E-state index contributed by atoms with van der Waals surface area (Å²) in [6.45, 7) is 1.54. The first-order valence-corrected chi connectivity index (χ1v) is 3.18. The van der Waals surface area contributed by atoms with Crippen LogP contribution in [0.15, 0.2) is 10.9 Å². The van der Waals surface area contributed by atoms with Crippen molar-refractivity contribution < 1.29 is 15.0 Å². The molecule has 0 aliphatic heterocycles. The van der Waals surface area contributed by atoms with E-state index < -0.39 is 17.3 Å². The van der Waals surface area contributed by atoms with Crippen LogP contribution in [-0.4, -0.2) is 21.2 Å². The fourth-order valence-electron chi connectivity index (χ4n) is 0.845. The van der Waals surface area contributed by atoms with Gasteiger partial charge in [-0.25, -0.2) is 4.79 Å². The minimum atomic E-state index is -1.32. The Kier molecular flexibility index (Phi) is 1.86. The summed E-state index contributed by atoms with van der Waals surface area (Å²) in [6, 6.07) is 1.19. The molecule has 0 aliphatic rings. The lowest BCUT2D eigenvalue weighted by atomic mass is 10.2. The molecule has 3 N–H and O–H groups in total. The van der Waals surface area contributed by atoms with Crippen LogP contribution in [0.2, 0.25) is 0 Å². The first kappa shape index (κ1) is 8.32. The number of carboxylic acid groups (broad SMARTS) is 1. The largest absolute Gasteiger partial charge is 0.502 e. The van der Waals surface area contributed by atoms with E-state index in [1.165, 1.54) is 13.0 Å². The highest BCUT2D eigenvalue weighted by Gasteiger charge is 2.12. The van der Waals surface area contributed by atoms with Crippen molar-refractivity contribution in [1.82, 2.24) is 4.98 Å². The van der Waals surface area contributed by atoms with Gasteiger partial charge in [-0.05, 0) is 13.0 Å². The molecule has 0 unspecified atom stereocenters. The molecule has 0 saturated carbocycles. The Morgan fingerprint density at radius 3 is 2.67 bits per heavy atom. The topological polar surface area (TPSA) is 90.4 Å². The lowest BCUT2D eigenvalue weighted by Gasteiger charge is -1.98. The molecule has 1 aromatic rings. The van der Waals surface area contributed by atoms with Crippen molar-refractivity contribution in [1.29, 1.82) is 0 Å². The van der Waals surface area contributed by atoms with Crippen LogP contribution in [0.4, 0.5) is 0 Å². The zero-order valence-corrected chi connectivity index (χ0v) is 6.29. The third kappa shape index (κ3) is 1.29. The minimum absolute atomic E-state index is 0.378. The standard InChI is InChI=1S/C7H7NO4/c1-3-2-4(7(11)12)5(9)6(10)8-3/h2,9H,1H3,(H,8,10)(H,11,12). The van der Waals surface area contributed by atoms with Gasteiger partial charge in [-0.1, -0.05) is 0 Å². The normalized spacial score (nSPS) is 9.75. The molecule has 1 aromatic heterocycles. The predicted octanol–water partition coefficient (Wildman–Crippen LogP) is 0.0871. The highest BCUT2D eigenvalue weighted by molar-refractivity contribution is 5.90. The van der Waals surface area contributed by atoms with Crippen molar-refractivity contribution >= 4 is 5.97 Å². The molecule has 0 aromatic carbocycles. The van der Waals surface area contributed by atoms with E-state index in [0.717, 1.165) is 0 Å². The third-order valence-corrected chi connectivity index (χ3v) is 1.37. The van der Waals surface area contributed by atoms with Crippen molar-refractivity contribution in [3.63, 3.8) is 0 Å². The summed E-state index contributed by atoms with van der Waals surface area (Å²) in [5, 5.41) is 17.5. The molecule has 64 valence electrons. The summed E-state index contributed by atoms with van der Waals surface area (Å²) in [5.74, 6) is -2.07. The van der Waals surface area contributed by atoms with E-state index in [4.69, 9.17) is 10.2 Å². The van der Waals surface area contributed by atoms with Crippen LogP contribution >= 0.6 is 0 Å². The number of carboxylic acids is 1. The molecule has 12 heavy (non-hydrogen) atoms. The Hall–Kier alpha value is -1.78. The Morgan fingerprint density at radius 2 is 2.17 bits per heavy atom. The first-order valence-electron chi connectivity index (χ1n) is 3.18. The van der Waals surface area contributed by atoms with Gasteiger partial charge in [0.2, 0.25) is 0 Å². The fourth-order valence-corrected chi connectivity index (χ4v) is 0.845. The van der Waals surface area contributed by atoms with Crippen molar-refractivity contribution in [2.45, 2.75) is 6.92 Å². The van der Waals surface area contributed by atoms with Gasteiger partial charge in [0.1, 0.15) is 5.56 Å². The molecule has 0 aliphatic carbocycles. The van der Waals surface area contributed by atoms with Gasteiger partial charge >= 0.3 is 5.97 Å². The zero-order valence-electron chi connectivity index (χ0n) is 6.29. The molecule has 0 fully saturated rings. The molecular weight excluding hydrogens is 162 g/mol. The van der Waals surface area contributed by atoms with Gasteiger partial charge in [-0.2, -0.15) is 0 Å². The monoisotopic (exact) mass is 169 g/mol. The second-order valence-corrected chi connectivity index (χ2v) is 2.35. The highest BCUT2D eigenvalue weighted by atomic mass is 16.4. The van der Waals surface area contributed by atoms with Gasteiger partial charge in [0, 0.05) is 5.69 Å². The van der Waals surface area contributed by atoms with Crippen molar-refractivity contribution in [2.75, 3.05) is 0 Å². The van der Waals surface area contributed by atoms with Crippen LogP contribution in [0.1, 0.15) is 16.1 Å². The number of H-pyrrole nitrogens is 1. The maximum absolute atomic E-state index is 10.8. The quantitative estimate of drug-likeness (QED) is 0.555. The van der Waals surface area contributed by atoms with E-state index >= 15 is 0 Å². The molecule has 1 heterocycles. The van der Waals surface area contributed by atoms with Gasteiger partial charge in [-0.3, -0.25) is 4.79 Å². The Bertz CT molecular complexity index is 379. The van der Waals surface area contributed by atoms with Crippen LogP contribution in [0.3, 0.4) is 0 Å². The lowest BCUT2D eigenvalue weighted by Crippen LogP contribution is -2.11. The number of nitrogens with one attached hydrogen (secondary N) is 1. The van der Waals surface area contributed by atoms with E-state index in [1.807, 2.05) is 0 Å². The molecule has 5 nitrogen and oxygen atoms in total. The van der Waals surface area contributed by atoms with Crippen LogP contribution in [0.25, 0.3) is 0 Å². The van der Waals surface area contributed by atoms with Crippen LogP contribution in [-0.2, 0) is 0 Å². The number of rotatable bonds is 1. The average molecular weight is 169 g/mol. The zero-order chi connectivity index (χ0) is 9.30. The van der Waals surface area contributed by atoms with E-state index in [2.05, 4.69) is 4.98 Å². The predicted molar refractivity (Wildman–Crippen MR) is 40.4 cm³/mol. The van der Waals surface area contributed by atoms with Gasteiger partial charge in [0.25, 0.3) is 5.56 Å². The van der Waals surface area contributed by atoms with Gasteiger partial charge < -0.3 is 15.2 Å². The van der Waals surface area contributed by atoms with Crippen LogP contribution < -0.4 is 5.56 Å². The van der Waals surface area contributed by atoms with Gasteiger partial charge in [0.15, 0.2) is 5.75 Å². The molecule has 1 rings (SSSR count). The Balaban J connectivity index is 3.48. The van der Waals surface area contributed by atoms with E-state index in [9.17, 15) is 9.59 Å². The summed E-state index contributed by atoms with van der Waals surface area (Å²) < 4.78 is 0. The van der Waals surface area contributed by atoms with E-state index in [0.29, 0.717) is 5.69 Å². The first-order chi connectivity index (χ1) is 5.52. The van der Waals surface area contributed by atoms with Crippen LogP contribution in [0, 0.1) is 6.92 Å². The molecule has 0 atom stereocenters. The summed E-state index contributed by atoms with van der Waals surface area (Å²) in [6.07, 6.45) is 0. The number of aromatic hydroxyl groups is 1. The molecule has 5 heteroatoms. The molecule has 0 radical (unpaired) electrons. The summed E-state index contributed by atoms with van der Waals surface area (Å²) >= 11 is 0. The number of aryl methyl sites for hydroxylation is 1. The molecule has 0 bridgehead atoms. The molecule has 0 amide bonds. The van der Waals surface area contributed by atoms with Crippen molar-refractivity contribution in [3.8, 4) is 5.75 Å². The summed E-state index contributed by atoms with van der Waals surface area (Å²) in [5.41, 5.74) is -0.765. The lowest BCUT2D eigenvalue weighted by molar-refractivity contribution is 0.0693. The van der Waals surface area contributed by atoms with E-state index in [1.54, 1.807) is 0 Å². The maximum Gasteiger partial charge on any atom is 0.339 e. The van der Waals surface area contributed by atoms with Gasteiger partial charge in [-0.15, -0.1) is 0 Å². The summed E-state index contributed by atoms with van der Waals surface area (Å²) in [7, 11) is 0. The second kappa shape index (κ2) is 2.69. The fraction of sp³-hybridized carbons (Fsp3) is 0.143. The van der Waals surface area contributed by atoms with E-state index in [-0.39, 0.29) is 5.56 Å². The Morgan fingerprint density at radius 1 is 1.58 bits per heavy atom.